The Morgan fingerprint density at radius 2 is 2.00 bits per heavy atom. The Labute approximate surface area is 93.9 Å². The van der Waals surface area contributed by atoms with Crippen molar-refractivity contribution in [2.45, 2.75) is 26.2 Å². The third-order valence-corrected chi connectivity index (χ3v) is 2.43. The summed E-state index contributed by atoms with van der Waals surface area (Å²) < 4.78 is 14.9. The molecule has 0 atom stereocenters. The van der Waals surface area contributed by atoms with Gasteiger partial charge in [0, 0.05) is 0 Å². The minimum absolute atomic E-state index is 0.0605. The van der Waals surface area contributed by atoms with E-state index in [9.17, 15) is 4.39 Å². The van der Waals surface area contributed by atoms with Crippen LogP contribution in [0.4, 0.5) is 4.39 Å². The Bertz CT molecular complexity index is 483. The van der Waals surface area contributed by atoms with Crippen LogP contribution in [0.15, 0.2) is 30.9 Å². The number of rotatable bonds is 1. The van der Waals surface area contributed by atoms with Gasteiger partial charge in [0.15, 0.2) is 0 Å². The lowest BCUT2D eigenvalue weighted by atomic mass is 9.86. The van der Waals surface area contributed by atoms with Crippen LogP contribution in [0.25, 0.3) is 5.69 Å². The third kappa shape index (κ3) is 1.96. The molecule has 0 N–H and O–H groups in total. The van der Waals surface area contributed by atoms with Crippen LogP contribution in [0.2, 0.25) is 0 Å². The van der Waals surface area contributed by atoms with Crippen LogP contribution in [0.5, 0.6) is 0 Å². The first-order valence-corrected chi connectivity index (χ1v) is 5.13. The highest BCUT2D eigenvalue weighted by Crippen LogP contribution is 2.28. The fourth-order valence-electron chi connectivity index (χ4n) is 1.66. The summed E-state index contributed by atoms with van der Waals surface area (Å²) in [6, 6.07) is 4.75. The van der Waals surface area contributed by atoms with Gasteiger partial charge >= 0.3 is 0 Å². The summed E-state index contributed by atoms with van der Waals surface area (Å²) in [7, 11) is 0. The maximum absolute atomic E-state index is 13.3. The predicted octanol–water partition coefficient (Wildman–Crippen LogP) is 2.70. The number of nitrogens with zero attached hydrogens (tertiary/aromatic N) is 3. The van der Waals surface area contributed by atoms with Crippen molar-refractivity contribution in [2.75, 3.05) is 0 Å². The second kappa shape index (κ2) is 3.70. The number of halogens is 1. The van der Waals surface area contributed by atoms with E-state index < -0.39 is 0 Å². The van der Waals surface area contributed by atoms with E-state index in [1.165, 1.54) is 18.5 Å². The van der Waals surface area contributed by atoms with E-state index in [-0.39, 0.29) is 11.2 Å². The molecule has 16 heavy (non-hydrogen) atoms. The molecule has 0 bridgehead atoms. The summed E-state index contributed by atoms with van der Waals surface area (Å²) in [4.78, 5) is 3.88. The van der Waals surface area contributed by atoms with E-state index in [0.717, 1.165) is 11.3 Å². The Morgan fingerprint density at radius 1 is 1.25 bits per heavy atom. The molecule has 0 spiro atoms. The van der Waals surface area contributed by atoms with E-state index in [0.29, 0.717) is 0 Å². The molecule has 4 heteroatoms. The summed E-state index contributed by atoms with van der Waals surface area (Å²) >= 11 is 0. The van der Waals surface area contributed by atoms with Crippen LogP contribution in [-0.4, -0.2) is 14.8 Å². The molecular weight excluding hydrogens is 205 g/mol. The molecule has 84 valence electrons. The summed E-state index contributed by atoms with van der Waals surface area (Å²) in [5, 5.41) is 4.04. The van der Waals surface area contributed by atoms with Crippen LogP contribution < -0.4 is 0 Å². The van der Waals surface area contributed by atoms with E-state index in [1.807, 2.05) is 0 Å². The van der Waals surface area contributed by atoms with E-state index >= 15 is 0 Å². The summed E-state index contributed by atoms with van der Waals surface area (Å²) in [6.07, 6.45) is 3.02. The summed E-state index contributed by atoms with van der Waals surface area (Å²) in [5.74, 6) is -0.265. The highest BCUT2D eigenvalue weighted by atomic mass is 19.1. The molecule has 0 fully saturated rings. The molecule has 1 aromatic carbocycles. The van der Waals surface area contributed by atoms with Crippen LogP contribution in [0.1, 0.15) is 26.3 Å². The van der Waals surface area contributed by atoms with Crippen molar-refractivity contribution in [3.63, 3.8) is 0 Å². The van der Waals surface area contributed by atoms with Crippen molar-refractivity contribution in [3.05, 3.63) is 42.2 Å². The van der Waals surface area contributed by atoms with Gasteiger partial charge in [0.05, 0.1) is 5.69 Å². The largest absolute Gasteiger partial charge is 0.223 e. The SMILES string of the molecule is CC(C)(C)c1ccc(F)cc1-n1cncn1. The number of aromatic nitrogens is 3. The molecule has 0 radical (unpaired) electrons. The molecule has 0 saturated carbocycles. The van der Waals surface area contributed by atoms with Crippen LogP contribution >= 0.6 is 0 Å². The maximum atomic E-state index is 13.3. The van der Waals surface area contributed by atoms with E-state index in [4.69, 9.17) is 0 Å². The van der Waals surface area contributed by atoms with Crippen molar-refractivity contribution >= 4 is 0 Å². The van der Waals surface area contributed by atoms with Crippen LogP contribution in [0, 0.1) is 5.82 Å². The predicted molar refractivity (Wildman–Crippen MR) is 60.0 cm³/mol. The first kappa shape index (κ1) is 10.8. The Kier molecular flexibility index (Phi) is 2.50. The van der Waals surface area contributed by atoms with Crippen molar-refractivity contribution in [1.82, 2.24) is 14.8 Å². The van der Waals surface area contributed by atoms with Crippen molar-refractivity contribution in [3.8, 4) is 5.69 Å². The lowest BCUT2D eigenvalue weighted by molar-refractivity contribution is 0.574. The van der Waals surface area contributed by atoms with Gasteiger partial charge in [0.2, 0.25) is 0 Å². The second-order valence-corrected chi connectivity index (χ2v) is 4.75. The molecule has 2 rings (SSSR count). The first-order valence-electron chi connectivity index (χ1n) is 5.13. The Morgan fingerprint density at radius 3 is 2.56 bits per heavy atom. The minimum atomic E-state index is -0.265. The van der Waals surface area contributed by atoms with Crippen LogP contribution in [-0.2, 0) is 5.41 Å². The average Bonchev–Trinajstić information content (AvgIpc) is 2.68. The zero-order valence-electron chi connectivity index (χ0n) is 9.61. The van der Waals surface area contributed by atoms with Gasteiger partial charge < -0.3 is 0 Å². The summed E-state index contributed by atoms with van der Waals surface area (Å²) in [5.41, 5.74) is 1.72. The highest BCUT2D eigenvalue weighted by molar-refractivity contribution is 5.44. The fraction of sp³-hybridized carbons (Fsp3) is 0.333. The maximum Gasteiger partial charge on any atom is 0.138 e. The van der Waals surface area contributed by atoms with E-state index in [1.54, 1.807) is 17.1 Å². The van der Waals surface area contributed by atoms with Crippen molar-refractivity contribution in [2.24, 2.45) is 0 Å². The quantitative estimate of drug-likeness (QED) is 0.738. The van der Waals surface area contributed by atoms with E-state index in [2.05, 4.69) is 30.9 Å². The minimum Gasteiger partial charge on any atom is -0.223 e. The zero-order valence-corrected chi connectivity index (χ0v) is 9.61. The summed E-state index contributed by atoms with van der Waals surface area (Å²) in [6.45, 7) is 6.25. The molecule has 0 amide bonds. The lowest BCUT2D eigenvalue weighted by Crippen LogP contribution is -2.15. The monoisotopic (exact) mass is 219 g/mol. The van der Waals surface area contributed by atoms with Gasteiger partial charge in [0.25, 0.3) is 0 Å². The Hall–Kier alpha value is -1.71. The van der Waals surface area contributed by atoms with Gasteiger partial charge in [-0.2, -0.15) is 5.10 Å². The van der Waals surface area contributed by atoms with Gasteiger partial charge in [-0.05, 0) is 23.1 Å². The van der Waals surface area contributed by atoms with Gasteiger partial charge in [-0.15, -0.1) is 0 Å². The molecule has 1 heterocycles. The molecule has 0 aliphatic carbocycles. The zero-order chi connectivity index (χ0) is 11.8. The standard InChI is InChI=1S/C12H14FN3/c1-12(2,3)10-5-4-9(13)6-11(10)16-8-14-7-15-16/h4-8H,1-3H3. The normalized spacial score (nSPS) is 11.8. The van der Waals surface area contributed by atoms with Gasteiger partial charge in [-0.25, -0.2) is 14.1 Å². The smallest absolute Gasteiger partial charge is 0.138 e. The van der Waals surface area contributed by atoms with Gasteiger partial charge in [-0.3, -0.25) is 0 Å². The molecule has 0 aliphatic rings. The van der Waals surface area contributed by atoms with Crippen molar-refractivity contribution < 1.29 is 4.39 Å². The van der Waals surface area contributed by atoms with Gasteiger partial charge in [0.1, 0.15) is 18.5 Å². The molecule has 2 aromatic rings. The van der Waals surface area contributed by atoms with Crippen molar-refractivity contribution in [1.29, 1.82) is 0 Å². The molecule has 1 aromatic heterocycles. The fourth-order valence-corrected chi connectivity index (χ4v) is 1.66. The second-order valence-electron chi connectivity index (χ2n) is 4.75. The number of hydrogen-bond donors (Lipinski definition) is 0. The number of hydrogen-bond acceptors (Lipinski definition) is 2. The molecule has 0 unspecified atom stereocenters. The third-order valence-electron chi connectivity index (χ3n) is 2.43. The highest BCUT2D eigenvalue weighted by Gasteiger charge is 2.19. The molecular formula is C12H14FN3. The average molecular weight is 219 g/mol. The molecule has 0 aliphatic heterocycles. The van der Waals surface area contributed by atoms with Crippen LogP contribution in [0.3, 0.4) is 0 Å². The topological polar surface area (TPSA) is 30.7 Å². The molecule has 3 nitrogen and oxygen atoms in total. The first-order chi connectivity index (χ1) is 7.48. The Balaban J connectivity index is 2.63. The molecule has 0 saturated heterocycles. The lowest BCUT2D eigenvalue weighted by Gasteiger charge is -2.22. The van der Waals surface area contributed by atoms with Gasteiger partial charge in [-0.1, -0.05) is 26.8 Å². The number of benzene rings is 1.